The third-order valence-corrected chi connectivity index (χ3v) is 7.92. The Morgan fingerprint density at radius 1 is 0.909 bits per heavy atom. The first-order valence-corrected chi connectivity index (χ1v) is 12.6. The van der Waals surface area contributed by atoms with E-state index in [2.05, 4.69) is 22.3 Å². The van der Waals surface area contributed by atoms with Crippen LogP contribution in [-0.4, -0.2) is 45.9 Å². The van der Waals surface area contributed by atoms with Gasteiger partial charge in [-0.15, -0.1) is 0 Å². The quantitative estimate of drug-likeness (QED) is 0.547. The van der Waals surface area contributed by atoms with E-state index in [1.165, 1.54) is 41.9 Å². The Balaban J connectivity index is 1.44. The zero-order valence-corrected chi connectivity index (χ0v) is 19.5. The lowest BCUT2D eigenvalue weighted by molar-refractivity contribution is 0.0938. The molecule has 0 aromatic heterocycles. The smallest absolute Gasteiger partial charge is 0.264 e. The molecule has 7 heteroatoms. The Morgan fingerprint density at radius 3 is 2.09 bits per heavy atom. The van der Waals surface area contributed by atoms with Crippen molar-refractivity contribution in [2.24, 2.45) is 0 Å². The first-order valence-electron chi connectivity index (χ1n) is 11.2. The molecule has 1 heterocycles. The van der Waals surface area contributed by atoms with Crippen molar-refractivity contribution in [2.75, 3.05) is 31.0 Å². The summed E-state index contributed by atoms with van der Waals surface area (Å²) in [6.07, 6.45) is 2.34. The summed E-state index contributed by atoms with van der Waals surface area (Å²) in [6.45, 7) is 2.55. The zero-order valence-electron chi connectivity index (χ0n) is 18.7. The van der Waals surface area contributed by atoms with E-state index in [0.29, 0.717) is 17.8 Å². The Labute approximate surface area is 195 Å². The Morgan fingerprint density at radius 2 is 1.48 bits per heavy atom. The van der Waals surface area contributed by atoms with Crippen molar-refractivity contribution < 1.29 is 13.2 Å². The number of anilines is 1. The van der Waals surface area contributed by atoms with Gasteiger partial charge in [0.25, 0.3) is 15.9 Å². The minimum Gasteiger partial charge on any atom is -0.350 e. The molecule has 0 unspecified atom stereocenters. The topological polar surface area (TPSA) is 69.7 Å². The highest BCUT2D eigenvalue weighted by Crippen LogP contribution is 2.25. The summed E-state index contributed by atoms with van der Waals surface area (Å²) in [5.74, 6) is -0.213. The predicted octanol–water partition coefficient (Wildman–Crippen LogP) is 4.08. The summed E-state index contributed by atoms with van der Waals surface area (Å²) in [5.41, 5.74) is 2.20. The number of benzene rings is 3. The lowest BCUT2D eigenvalue weighted by atomic mass is 10.1. The minimum atomic E-state index is -3.71. The molecule has 1 N–H and O–H groups in total. The van der Waals surface area contributed by atoms with E-state index in [4.69, 9.17) is 0 Å². The predicted molar refractivity (Wildman–Crippen MR) is 131 cm³/mol. The van der Waals surface area contributed by atoms with Crippen LogP contribution < -0.4 is 9.62 Å². The number of hydrogen-bond donors (Lipinski definition) is 1. The normalized spacial score (nSPS) is 15.2. The van der Waals surface area contributed by atoms with Crippen molar-refractivity contribution in [1.82, 2.24) is 10.2 Å². The molecule has 3 aromatic carbocycles. The first kappa shape index (κ1) is 23.0. The number of likely N-dealkylation sites (tertiary alicyclic amines) is 1. The van der Waals surface area contributed by atoms with Crippen LogP contribution in [0.2, 0.25) is 0 Å². The number of nitrogens with one attached hydrogen (secondary N) is 1. The molecule has 1 amide bonds. The molecule has 33 heavy (non-hydrogen) atoms. The highest BCUT2D eigenvalue weighted by molar-refractivity contribution is 7.92. The van der Waals surface area contributed by atoms with Crippen LogP contribution in [0.4, 0.5) is 5.69 Å². The SMILES string of the molecule is CN(c1ccccc1)S(=O)(=O)c1ccc(C(=O)NC[C@H](c2ccccc2)N2CCCC2)cc1. The molecule has 0 spiro atoms. The highest BCUT2D eigenvalue weighted by Gasteiger charge is 2.25. The summed E-state index contributed by atoms with van der Waals surface area (Å²) in [5, 5.41) is 3.04. The number of para-hydroxylation sites is 1. The lowest BCUT2D eigenvalue weighted by Crippen LogP contribution is -2.36. The molecule has 6 nitrogen and oxygen atoms in total. The molecule has 0 bridgehead atoms. The van der Waals surface area contributed by atoms with Gasteiger partial charge in [0.1, 0.15) is 0 Å². The van der Waals surface area contributed by atoms with E-state index < -0.39 is 10.0 Å². The molecule has 0 aliphatic carbocycles. The molecule has 1 fully saturated rings. The van der Waals surface area contributed by atoms with Crippen molar-refractivity contribution in [2.45, 2.75) is 23.8 Å². The van der Waals surface area contributed by atoms with Crippen molar-refractivity contribution >= 4 is 21.6 Å². The summed E-state index contributed by atoms with van der Waals surface area (Å²) >= 11 is 0. The molecule has 1 aliphatic rings. The van der Waals surface area contributed by atoms with Crippen LogP contribution in [0.15, 0.2) is 89.8 Å². The fourth-order valence-electron chi connectivity index (χ4n) is 4.19. The Hall–Kier alpha value is -3.16. The molecule has 1 atom stereocenters. The van der Waals surface area contributed by atoms with Crippen LogP contribution in [0.3, 0.4) is 0 Å². The van der Waals surface area contributed by atoms with E-state index in [-0.39, 0.29) is 16.8 Å². The van der Waals surface area contributed by atoms with Crippen molar-refractivity contribution in [3.05, 3.63) is 96.1 Å². The van der Waals surface area contributed by atoms with E-state index >= 15 is 0 Å². The Kier molecular flexibility index (Phi) is 7.11. The number of rotatable bonds is 8. The number of carbonyl (C=O) groups excluding carboxylic acids is 1. The largest absolute Gasteiger partial charge is 0.350 e. The average molecular weight is 464 g/mol. The molecule has 1 saturated heterocycles. The van der Waals surface area contributed by atoms with Crippen LogP contribution in [0.25, 0.3) is 0 Å². The van der Waals surface area contributed by atoms with Gasteiger partial charge >= 0.3 is 0 Å². The summed E-state index contributed by atoms with van der Waals surface area (Å²) in [4.78, 5) is 15.4. The molecular formula is C26H29N3O3S. The van der Waals surface area contributed by atoms with Gasteiger partial charge in [-0.3, -0.25) is 14.0 Å². The highest BCUT2D eigenvalue weighted by atomic mass is 32.2. The van der Waals surface area contributed by atoms with Gasteiger partial charge in [-0.2, -0.15) is 0 Å². The molecule has 172 valence electrons. The summed E-state index contributed by atoms with van der Waals surface area (Å²) in [7, 11) is -2.19. The average Bonchev–Trinajstić information content (AvgIpc) is 3.39. The summed E-state index contributed by atoms with van der Waals surface area (Å²) in [6, 6.07) is 25.3. The van der Waals surface area contributed by atoms with Crippen LogP contribution in [0, 0.1) is 0 Å². The van der Waals surface area contributed by atoms with Gasteiger partial charge in [0.05, 0.1) is 16.6 Å². The van der Waals surface area contributed by atoms with Gasteiger partial charge in [0, 0.05) is 19.2 Å². The second kappa shape index (κ2) is 10.2. The van der Waals surface area contributed by atoms with E-state index in [1.54, 1.807) is 36.4 Å². The van der Waals surface area contributed by atoms with Gasteiger partial charge < -0.3 is 5.32 Å². The van der Waals surface area contributed by atoms with Crippen LogP contribution in [0.5, 0.6) is 0 Å². The third-order valence-electron chi connectivity index (χ3n) is 6.12. The minimum absolute atomic E-state index is 0.122. The van der Waals surface area contributed by atoms with E-state index in [9.17, 15) is 13.2 Å². The maximum absolute atomic E-state index is 13.0. The van der Waals surface area contributed by atoms with Crippen LogP contribution in [0.1, 0.15) is 34.8 Å². The first-order chi connectivity index (χ1) is 16.0. The number of carbonyl (C=O) groups is 1. The molecule has 3 aromatic rings. The fraction of sp³-hybridized carbons (Fsp3) is 0.269. The van der Waals surface area contributed by atoms with Crippen molar-refractivity contribution in [3.63, 3.8) is 0 Å². The number of hydrogen-bond acceptors (Lipinski definition) is 4. The number of nitrogens with zero attached hydrogens (tertiary/aromatic N) is 2. The zero-order chi connectivity index (χ0) is 23.3. The van der Waals surface area contributed by atoms with Crippen molar-refractivity contribution in [3.8, 4) is 0 Å². The van der Waals surface area contributed by atoms with Gasteiger partial charge in [-0.05, 0) is 67.9 Å². The van der Waals surface area contributed by atoms with E-state index in [1.807, 2.05) is 24.3 Å². The monoisotopic (exact) mass is 463 g/mol. The van der Waals surface area contributed by atoms with Gasteiger partial charge in [0.15, 0.2) is 0 Å². The second-order valence-corrected chi connectivity index (χ2v) is 10.2. The van der Waals surface area contributed by atoms with Crippen LogP contribution in [-0.2, 0) is 10.0 Å². The van der Waals surface area contributed by atoms with Crippen molar-refractivity contribution in [1.29, 1.82) is 0 Å². The number of amides is 1. The second-order valence-electron chi connectivity index (χ2n) is 8.21. The molecule has 0 saturated carbocycles. The lowest BCUT2D eigenvalue weighted by Gasteiger charge is -2.28. The fourth-order valence-corrected chi connectivity index (χ4v) is 5.39. The van der Waals surface area contributed by atoms with E-state index in [0.717, 1.165) is 13.1 Å². The maximum Gasteiger partial charge on any atom is 0.264 e. The third kappa shape index (κ3) is 5.26. The molecule has 1 aliphatic heterocycles. The van der Waals surface area contributed by atoms with Gasteiger partial charge in [-0.1, -0.05) is 48.5 Å². The molecule has 4 rings (SSSR count). The van der Waals surface area contributed by atoms with Gasteiger partial charge in [-0.25, -0.2) is 8.42 Å². The summed E-state index contributed by atoms with van der Waals surface area (Å²) < 4.78 is 27.1. The maximum atomic E-state index is 13.0. The Bertz CT molecular complexity index is 1160. The molecular weight excluding hydrogens is 434 g/mol. The standard InChI is InChI=1S/C26H29N3O3S/c1-28(23-12-6-3-7-13-23)33(31,32)24-16-14-22(15-17-24)26(30)27-20-25(29-18-8-9-19-29)21-10-4-2-5-11-21/h2-7,10-17,25H,8-9,18-20H2,1H3,(H,27,30)/t25-/m1/s1. The van der Waals surface area contributed by atoms with Crippen LogP contribution >= 0.6 is 0 Å². The van der Waals surface area contributed by atoms with Gasteiger partial charge in [0.2, 0.25) is 0 Å². The number of sulfonamides is 1. The molecule has 0 radical (unpaired) electrons.